The monoisotopic (exact) mass is 419 g/mol. The zero-order valence-electron chi connectivity index (χ0n) is 16.4. The Kier molecular flexibility index (Phi) is 5.08. The van der Waals surface area contributed by atoms with Gasteiger partial charge in [-0.2, -0.15) is 0 Å². The minimum Gasteiger partial charge on any atom is -0.366 e. The van der Waals surface area contributed by atoms with E-state index in [9.17, 15) is 18.8 Å². The molecule has 0 spiro atoms. The van der Waals surface area contributed by atoms with Gasteiger partial charge in [-0.25, -0.2) is 9.37 Å². The van der Waals surface area contributed by atoms with Gasteiger partial charge >= 0.3 is 0 Å². The van der Waals surface area contributed by atoms with E-state index in [0.717, 1.165) is 11.6 Å². The second-order valence-corrected chi connectivity index (χ2v) is 7.00. The van der Waals surface area contributed by atoms with E-state index in [2.05, 4.69) is 15.6 Å². The maximum absolute atomic E-state index is 14.2. The van der Waals surface area contributed by atoms with Gasteiger partial charge in [0.1, 0.15) is 17.8 Å². The Morgan fingerprint density at radius 3 is 2.58 bits per heavy atom. The number of aromatic nitrogens is 1. The predicted octanol–water partition coefficient (Wildman–Crippen LogP) is 2.45. The maximum Gasteiger partial charge on any atom is 0.258 e. The number of carbonyl (C=O) groups excluding carboxylic acids is 3. The molecule has 3 aromatic rings. The molecule has 8 nitrogen and oxygen atoms in total. The van der Waals surface area contributed by atoms with E-state index in [1.807, 2.05) is 11.9 Å². The van der Waals surface area contributed by atoms with Crippen LogP contribution in [0, 0.1) is 5.82 Å². The molecule has 0 fully saturated rings. The molecule has 0 saturated heterocycles. The normalized spacial score (nSPS) is 15.1. The third-order valence-electron chi connectivity index (χ3n) is 5.00. The lowest BCUT2D eigenvalue weighted by molar-refractivity contribution is 0.0926. The van der Waals surface area contributed by atoms with E-state index in [1.165, 1.54) is 12.1 Å². The number of anilines is 2. The quantitative estimate of drug-likeness (QED) is 0.601. The van der Waals surface area contributed by atoms with E-state index in [-0.39, 0.29) is 17.0 Å². The minimum absolute atomic E-state index is 0.0203. The molecule has 0 saturated carbocycles. The third-order valence-corrected chi connectivity index (χ3v) is 5.00. The topological polar surface area (TPSA) is 117 Å². The van der Waals surface area contributed by atoms with Crippen LogP contribution in [0.3, 0.4) is 0 Å². The number of benzene rings is 2. The van der Waals surface area contributed by atoms with Crippen LogP contribution in [0.5, 0.6) is 0 Å². The second kappa shape index (κ2) is 7.86. The number of amides is 3. The molecule has 31 heavy (non-hydrogen) atoms. The zero-order valence-corrected chi connectivity index (χ0v) is 16.4. The van der Waals surface area contributed by atoms with Gasteiger partial charge in [-0.15, -0.1) is 0 Å². The molecule has 1 aromatic heterocycles. The van der Waals surface area contributed by atoms with E-state index in [1.54, 1.807) is 42.6 Å². The summed E-state index contributed by atoms with van der Waals surface area (Å²) >= 11 is 0. The van der Waals surface area contributed by atoms with Crippen LogP contribution in [0.25, 0.3) is 0 Å². The van der Waals surface area contributed by atoms with Crippen LogP contribution in [-0.2, 0) is 0 Å². The Morgan fingerprint density at radius 2 is 1.90 bits per heavy atom. The van der Waals surface area contributed by atoms with Crippen LogP contribution in [0.2, 0.25) is 0 Å². The first-order valence-corrected chi connectivity index (χ1v) is 9.34. The average Bonchev–Trinajstić information content (AvgIpc) is 2.76. The van der Waals surface area contributed by atoms with Gasteiger partial charge in [-0.1, -0.05) is 12.1 Å². The molecule has 0 radical (unpaired) electrons. The number of nitrogens with one attached hydrogen (secondary N) is 2. The van der Waals surface area contributed by atoms with Crippen LogP contribution < -0.4 is 21.3 Å². The molecule has 2 heterocycles. The lowest BCUT2D eigenvalue weighted by Crippen LogP contribution is -2.45. The van der Waals surface area contributed by atoms with Crippen LogP contribution >= 0.6 is 0 Å². The molecule has 1 aliphatic heterocycles. The molecule has 4 N–H and O–H groups in total. The van der Waals surface area contributed by atoms with Crippen molar-refractivity contribution in [2.75, 3.05) is 17.3 Å². The van der Waals surface area contributed by atoms with Gasteiger partial charge in [-0.3, -0.25) is 14.4 Å². The van der Waals surface area contributed by atoms with Gasteiger partial charge in [0.2, 0.25) is 5.91 Å². The largest absolute Gasteiger partial charge is 0.366 e. The van der Waals surface area contributed by atoms with Crippen molar-refractivity contribution in [3.8, 4) is 0 Å². The number of nitrogens with zero attached hydrogens (tertiary/aromatic N) is 2. The molecular weight excluding hydrogens is 401 g/mol. The minimum atomic E-state index is -0.844. The Bertz CT molecular complexity index is 1200. The molecule has 156 valence electrons. The maximum atomic E-state index is 14.2. The van der Waals surface area contributed by atoms with Crippen molar-refractivity contribution in [3.63, 3.8) is 0 Å². The van der Waals surface area contributed by atoms with E-state index in [0.29, 0.717) is 17.1 Å². The molecule has 0 aliphatic carbocycles. The second-order valence-electron chi connectivity index (χ2n) is 7.00. The number of carbonyl (C=O) groups is 3. The molecular formula is C22H18FN5O3. The SMILES string of the molecule is CN1c2ncccc2C(=O)NC1c1ccc(NC(=O)c2ccc(C(N)=O)cc2F)cc1. The number of hydrogen-bond acceptors (Lipinski definition) is 5. The van der Waals surface area contributed by atoms with Crippen molar-refractivity contribution in [3.05, 3.63) is 88.9 Å². The van der Waals surface area contributed by atoms with E-state index < -0.39 is 23.8 Å². The summed E-state index contributed by atoms with van der Waals surface area (Å²) in [5.41, 5.74) is 6.60. The molecule has 0 bridgehead atoms. The van der Waals surface area contributed by atoms with Crippen molar-refractivity contribution in [1.82, 2.24) is 10.3 Å². The summed E-state index contributed by atoms with van der Waals surface area (Å²) < 4.78 is 14.2. The smallest absolute Gasteiger partial charge is 0.258 e. The molecule has 3 amide bonds. The highest BCUT2D eigenvalue weighted by Gasteiger charge is 2.30. The first kappa shape index (κ1) is 20.0. The van der Waals surface area contributed by atoms with Gasteiger partial charge in [0.05, 0.1) is 11.1 Å². The Hall–Kier alpha value is -4.27. The van der Waals surface area contributed by atoms with Crippen molar-refractivity contribution in [1.29, 1.82) is 0 Å². The first-order chi connectivity index (χ1) is 14.8. The van der Waals surface area contributed by atoms with Crippen LogP contribution in [0.4, 0.5) is 15.9 Å². The van der Waals surface area contributed by atoms with Gasteiger partial charge in [0.15, 0.2) is 0 Å². The molecule has 1 atom stereocenters. The van der Waals surface area contributed by atoms with Gasteiger partial charge in [-0.05, 0) is 48.0 Å². The zero-order chi connectivity index (χ0) is 22.1. The fourth-order valence-electron chi connectivity index (χ4n) is 3.38. The highest BCUT2D eigenvalue weighted by molar-refractivity contribution is 6.05. The standard InChI is InChI=1S/C22H18FN5O3/c1-28-19(27-22(31)16-3-2-10-25-20(16)28)12-4-7-14(8-5-12)26-21(30)15-9-6-13(18(24)29)11-17(15)23/h2-11,19H,1H3,(H2,24,29)(H,26,30)(H,27,31). The van der Waals surface area contributed by atoms with Gasteiger partial charge in [0.25, 0.3) is 11.8 Å². The van der Waals surface area contributed by atoms with E-state index in [4.69, 9.17) is 5.73 Å². The summed E-state index contributed by atoms with van der Waals surface area (Å²) in [6.07, 6.45) is 1.19. The van der Waals surface area contributed by atoms with Crippen molar-refractivity contribution < 1.29 is 18.8 Å². The Morgan fingerprint density at radius 1 is 1.16 bits per heavy atom. The van der Waals surface area contributed by atoms with Gasteiger partial charge < -0.3 is 21.3 Å². The van der Waals surface area contributed by atoms with Crippen molar-refractivity contribution in [2.45, 2.75) is 6.17 Å². The van der Waals surface area contributed by atoms with Crippen LogP contribution in [-0.4, -0.2) is 29.8 Å². The highest BCUT2D eigenvalue weighted by Crippen LogP contribution is 2.30. The number of nitrogens with two attached hydrogens (primary N) is 1. The van der Waals surface area contributed by atoms with Crippen molar-refractivity contribution >= 4 is 29.2 Å². The Labute approximate surface area is 176 Å². The number of rotatable bonds is 4. The number of pyridine rings is 1. The predicted molar refractivity (Wildman–Crippen MR) is 112 cm³/mol. The summed E-state index contributed by atoms with van der Waals surface area (Å²) in [6, 6.07) is 13.6. The average molecular weight is 419 g/mol. The van der Waals surface area contributed by atoms with Gasteiger partial charge in [0, 0.05) is 24.5 Å². The summed E-state index contributed by atoms with van der Waals surface area (Å²) in [5, 5.41) is 5.52. The summed E-state index contributed by atoms with van der Waals surface area (Å²) in [5.74, 6) is -1.94. The molecule has 9 heteroatoms. The third kappa shape index (κ3) is 3.80. The number of hydrogen-bond donors (Lipinski definition) is 3. The van der Waals surface area contributed by atoms with Crippen LogP contribution in [0.1, 0.15) is 42.8 Å². The molecule has 1 aliphatic rings. The highest BCUT2D eigenvalue weighted by atomic mass is 19.1. The molecule has 4 rings (SSSR count). The van der Waals surface area contributed by atoms with E-state index >= 15 is 0 Å². The number of fused-ring (bicyclic) bond motifs is 1. The lowest BCUT2D eigenvalue weighted by Gasteiger charge is -2.35. The first-order valence-electron chi connectivity index (χ1n) is 9.34. The number of halogens is 1. The fourth-order valence-corrected chi connectivity index (χ4v) is 3.38. The molecule has 1 unspecified atom stereocenters. The lowest BCUT2D eigenvalue weighted by atomic mass is 10.1. The van der Waals surface area contributed by atoms with Crippen molar-refractivity contribution in [2.24, 2.45) is 5.73 Å². The summed E-state index contributed by atoms with van der Waals surface area (Å²) in [6.45, 7) is 0. The summed E-state index contributed by atoms with van der Waals surface area (Å²) in [7, 11) is 1.82. The molecule has 2 aromatic carbocycles. The Balaban J connectivity index is 1.51. The fraction of sp³-hybridized carbons (Fsp3) is 0.0909. The van der Waals surface area contributed by atoms with Crippen LogP contribution in [0.15, 0.2) is 60.8 Å². The summed E-state index contributed by atoms with van der Waals surface area (Å²) in [4.78, 5) is 42.0. The number of primary amides is 1.